The molecule has 22 heteroatoms. The average molecular weight is 1120 g/mol. The molecule has 0 unspecified atom stereocenters. The second kappa shape index (κ2) is 54.9. The van der Waals surface area contributed by atoms with E-state index in [1.165, 1.54) is 51.4 Å². The van der Waals surface area contributed by atoms with Crippen molar-refractivity contribution in [3.8, 4) is 11.1 Å². The number of amides is 10. The fourth-order valence-electron chi connectivity index (χ4n) is 5.68. The molecule has 0 saturated heterocycles. The number of benzene rings is 2. The zero-order valence-corrected chi connectivity index (χ0v) is 47.7. The number of rotatable bonds is 23. The van der Waals surface area contributed by atoms with Crippen molar-refractivity contribution < 1.29 is 65.5 Å². The summed E-state index contributed by atoms with van der Waals surface area (Å²) in [6.45, 7) is 19.0. The molecule has 419 valence electrons. The first-order valence-electron chi connectivity index (χ1n) is 25.3. The molecular formula is C52H92N12NbO9. The number of nitrogens with one attached hydrogen (secondary N) is 8. The normalized spacial score (nSPS) is 11.4. The van der Waals surface area contributed by atoms with Crippen LogP contribution in [0.15, 0.2) is 54.6 Å². The molecule has 1 saturated carbocycles. The largest absolute Gasteiger partial charge is 2.00 e. The van der Waals surface area contributed by atoms with E-state index in [2.05, 4.69) is 84.1 Å². The predicted octanol–water partition coefficient (Wildman–Crippen LogP) is 2.50. The van der Waals surface area contributed by atoms with Crippen molar-refractivity contribution in [2.75, 3.05) is 52.4 Å². The van der Waals surface area contributed by atoms with Crippen LogP contribution >= 0.6 is 0 Å². The first-order valence-corrected chi connectivity index (χ1v) is 25.3. The van der Waals surface area contributed by atoms with E-state index >= 15 is 0 Å². The van der Waals surface area contributed by atoms with Crippen LogP contribution in [0, 0.1) is 12.8 Å². The Balaban J connectivity index is -0.000000501. The van der Waals surface area contributed by atoms with Gasteiger partial charge in [-0.15, -0.1) is 0 Å². The third-order valence-corrected chi connectivity index (χ3v) is 9.04. The van der Waals surface area contributed by atoms with Crippen LogP contribution in [0.2, 0.25) is 0 Å². The molecule has 1 aliphatic carbocycles. The number of urea groups is 1. The van der Waals surface area contributed by atoms with Crippen molar-refractivity contribution in [2.45, 2.75) is 138 Å². The average Bonchev–Trinajstić information content (AvgIpc) is 3.38. The summed E-state index contributed by atoms with van der Waals surface area (Å²) >= 11 is 0. The molecule has 16 N–H and O–H groups in total. The molecule has 1 fully saturated rings. The van der Waals surface area contributed by atoms with Gasteiger partial charge in [0.05, 0.1) is 38.8 Å². The van der Waals surface area contributed by atoms with Gasteiger partial charge in [0.1, 0.15) is 6.04 Å². The van der Waals surface area contributed by atoms with Gasteiger partial charge in [0, 0.05) is 6.54 Å². The van der Waals surface area contributed by atoms with Crippen molar-refractivity contribution in [2.24, 2.45) is 28.9 Å². The molecule has 0 heterocycles. The molecule has 2 atom stereocenters. The molecule has 74 heavy (non-hydrogen) atoms. The van der Waals surface area contributed by atoms with Crippen LogP contribution in [0.4, 0.5) is 4.79 Å². The summed E-state index contributed by atoms with van der Waals surface area (Å²) in [5.41, 5.74) is 22.8. The minimum absolute atomic E-state index is 0. The Morgan fingerprint density at radius 1 is 0.622 bits per heavy atom. The summed E-state index contributed by atoms with van der Waals surface area (Å²) in [6.07, 6.45) is 13.0. The number of carbonyl (C=O) groups excluding carboxylic acids is 9. The molecule has 0 spiro atoms. The van der Waals surface area contributed by atoms with E-state index in [1.54, 1.807) is 6.92 Å². The van der Waals surface area contributed by atoms with Crippen molar-refractivity contribution in [3.63, 3.8) is 0 Å². The number of carbonyl (C=O) groups is 8. The number of primary amides is 2. The van der Waals surface area contributed by atoms with Crippen LogP contribution < -0.4 is 65.5 Å². The van der Waals surface area contributed by atoms with E-state index in [1.807, 2.05) is 68.4 Å². The molecule has 2 aromatic rings. The second-order valence-corrected chi connectivity index (χ2v) is 16.2. The van der Waals surface area contributed by atoms with E-state index in [0.717, 1.165) is 35.6 Å². The number of hydrogen-bond acceptors (Lipinski definition) is 11. The fourth-order valence-corrected chi connectivity index (χ4v) is 5.68. The first-order chi connectivity index (χ1) is 34.9. The topological polar surface area (TPSA) is 354 Å². The molecular weight excluding hydrogens is 1030 g/mol. The predicted molar refractivity (Wildman–Crippen MR) is 290 cm³/mol. The third kappa shape index (κ3) is 48.4. The van der Waals surface area contributed by atoms with E-state index in [9.17, 15) is 43.2 Å². The van der Waals surface area contributed by atoms with E-state index < -0.39 is 92.2 Å². The zero-order valence-electron chi connectivity index (χ0n) is 45.5. The molecule has 0 aliphatic heterocycles. The van der Waals surface area contributed by atoms with E-state index in [0.29, 0.717) is 13.0 Å². The Morgan fingerprint density at radius 2 is 1.05 bits per heavy atom. The Hall–Kier alpha value is -5.87. The third-order valence-electron chi connectivity index (χ3n) is 9.04. The summed E-state index contributed by atoms with van der Waals surface area (Å²) in [4.78, 5) is 105. The van der Waals surface area contributed by atoms with E-state index in [4.69, 9.17) is 22.9 Å². The first kappa shape index (κ1) is 77.0. The van der Waals surface area contributed by atoms with Crippen molar-refractivity contribution >= 4 is 53.8 Å². The molecule has 10 amide bonds. The van der Waals surface area contributed by atoms with Crippen LogP contribution in [-0.4, -0.2) is 118 Å². The second-order valence-electron chi connectivity index (χ2n) is 16.2. The minimum Gasteiger partial charge on any atom is -0.520 e. The Labute approximate surface area is 457 Å². The number of nitrogens with two attached hydrogens (primary N) is 4. The van der Waals surface area contributed by atoms with Crippen molar-refractivity contribution in [3.05, 3.63) is 67.1 Å². The van der Waals surface area contributed by atoms with Gasteiger partial charge in [-0.1, -0.05) is 148 Å². The number of hydrogen-bond donors (Lipinski definition) is 12. The van der Waals surface area contributed by atoms with E-state index in [-0.39, 0.29) is 41.8 Å². The molecule has 21 nitrogen and oxygen atoms in total. The van der Waals surface area contributed by atoms with Gasteiger partial charge >= 0.3 is 28.4 Å². The Kier molecular flexibility index (Phi) is 57.1. The van der Waals surface area contributed by atoms with Crippen LogP contribution in [0.5, 0.6) is 0 Å². The fraction of sp³-hybridized carbons (Fsp3) is 0.577. The van der Waals surface area contributed by atoms with Gasteiger partial charge in [-0.3, -0.25) is 33.6 Å². The van der Waals surface area contributed by atoms with Crippen LogP contribution in [-0.2, 0) is 67.2 Å². The smallest absolute Gasteiger partial charge is 0.520 e. The molecule has 0 aromatic heterocycles. The monoisotopic (exact) mass is 1120 g/mol. The minimum atomic E-state index is -1.09. The van der Waals surface area contributed by atoms with Crippen LogP contribution in [0.3, 0.4) is 0 Å². The molecule has 1 aliphatic rings. The summed E-state index contributed by atoms with van der Waals surface area (Å²) < 4.78 is 0. The maximum absolute atomic E-state index is 12.8. The van der Waals surface area contributed by atoms with Gasteiger partial charge in [-0.05, 0) is 61.4 Å². The van der Waals surface area contributed by atoms with Gasteiger partial charge in [0.15, 0.2) is 0 Å². The SMILES string of the molecule is CC1CCCCC1.CCC.CCC.CCCNC(N)=O.CCN.NCCC[C@H](NC(=O)CNC(=O)[C@H](Cc1ccc(-c2ccccc2)cc1)N[C-]=O)C(=O)NCC(=O)NCC(=O)NCC(=O)NCC(N)=O.[CH2-]C.[Nb+2]. The van der Waals surface area contributed by atoms with Gasteiger partial charge in [0.25, 0.3) is 0 Å². The van der Waals surface area contributed by atoms with Crippen LogP contribution in [0.25, 0.3) is 11.1 Å². The van der Waals surface area contributed by atoms with Crippen molar-refractivity contribution in [1.29, 1.82) is 0 Å². The summed E-state index contributed by atoms with van der Waals surface area (Å²) in [7, 11) is 0. The molecule has 0 bridgehead atoms. The standard InChI is InChI=1S/C31H40N9O8.C7H14.C4H10N2O.2C3H8.C2H7N.C2H5.Nb/c32-12-4-7-23(30(47)37-17-28(45)36-16-27(44)35-15-26(43)34-14-25(33)42)40-29(46)18-38-31(48)24(39-19-41)13-20-8-10-22(11-9-20)21-5-2-1-3-6-21;1-7-5-3-2-4-6-7;1-2-3-6-4(5)7;2*1-3-2;1-2-3;1-2;/h1-3,5-6,8-11,23-24H,4,7,12-18,32H2,(H2,33,42)(H,34,43)(H,35,44)(H,36,45)(H,37,47)(H,38,48)(H,39,41)(H,40,46);7H,2-6H2,1H3;2-3H2,1H3,(H3,5,6,7);2*3H2,1-2H3;2-3H2,1H3;1H2,2H3;/q-1;;;;;;-1;+2/t23-,24-;;;;;;;/m0......./s1. The Bertz CT molecular complexity index is 1770. The van der Waals surface area contributed by atoms with Crippen molar-refractivity contribution in [1.82, 2.24) is 42.5 Å². The molecule has 1 radical (unpaired) electrons. The van der Waals surface area contributed by atoms with Gasteiger partial charge < -0.3 is 77.2 Å². The van der Waals surface area contributed by atoms with Gasteiger partial charge in [-0.25, -0.2) is 4.79 Å². The van der Waals surface area contributed by atoms with Crippen LogP contribution in [0.1, 0.15) is 125 Å². The molecule has 3 rings (SSSR count). The summed E-state index contributed by atoms with van der Waals surface area (Å²) in [6, 6.07) is 14.6. The zero-order chi connectivity index (χ0) is 56.2. The Morgan fingerprint density at radius 3 is 1.45 bits per heavy atom. The maximum Gasteiger partial charge on any atom is 2.00 e. The summed E-state index contributed by atoms with van der Waals surface area (Å²) in [5.74, 6) is -3.87. The summed E-state index contributed by atoms with van der Waals surface area (Å²) in [5, 5.41) is 18.7. The van der Waals surface area contributed by atoms with Gasteiger partial charge in [0.2, 0.25) is 41.4 Å². The quantitative estimate of drug-likeness (QED) is 0.0436. The van der Waals surface area contributed by atoms with Gasteiger partial charge in [-0.2, -0.15) is 13.3 Å². The maximum atomic E-state index is 12.8. The molecule has 2 aromatic carbocycles.